The number of hydrogen-bond donors (Lipinski definition) is 1. The number of aromatic nitrogens is 2. The monoisotopic (exact) mass is 418 g/mol. The van der Waals surface area contributed by atoms with Crippen molar-refractivity contribution in [3.05, 3.63) is 112 Å². The molecule has 4 aromatic rings. The average Bonchev–Trinajstić information content (AvgIpc) is 2.79. The fraction of sp³-hybridized carbons (Fsp3) is 0.0435. The number of nitrogens with one attached hydrogen (secondary N) is 1. The normalized spacial score (nSPS) is 11.2. The molecule has 0 radical (unpaired) electrons. The van der Waals surface area contributed by atoms with E-state index in [4.69, 9.17) is 0 Å². The number of hydrazone groups is 1. The van der Waals surface area contributed by atoms with Crippen molar-refractivity contribution in [2.45, 2.75) is 6.54 Å². The second-order valence-electron chi connectivity index (χ2n) is 6.72. The van der Waals surface area contributed by atoms with Crippen LogP contribution < -0.4 is 11.0 Å². The van der Waals surface area contributed by atoms with E-state index in [-0.39, 0.29) is 23.4 Å². The Labute approximate surface area is 175 Å². The van der Waals surface area contributed by atoms with Crippen molar-refractivity contribution in [2.75, 3.05) is 0 Å². The van der Waals surface area contributed by atoms with Gasteiger partial charge in [-0.15, -0.1) is 0 Å². The van der Waals surface area contributed by atoms with Crippen LogP contribution in [0.1, 0.15) is 21.6 Å². The summed E-state index contributed by atoms with van der Waals surface area (Å²) in [5.74, 6) is -2.63. The van der Waals surface area contributed by atoms with E-state index in [0.717, 1.165) is 17.7 Å². The van der Waals surface area contributed by atoms with Crippen molar-refractivity contribution in [3.63, 3.8) is 0 Å². The predicted molar refractivity (Wildman–Crippen MR) is 113 cm³/mol. The van der Waals surface area contributed by atoms with Crippen LogP contribution >= 0.6 is 0 Å². The molecule has 0 spiro atoms. The predicted octanol–water partition coefficient (Wildman–Crippen LogP) is 3.49. The first-order valence-corrected chi connectivity index (χ1v) is 9.35. The highest BCUT2D eigenvalue weighted by Crippen LogP contribution is 2.14. The van der Waals surface area contributed by atoms with Crippen LogP contribution in [0.4, 0.5) is 8.78 Å². The Morgan fingerprint density at radius 2 is 1.68 bits per heavy atom. The summed E-state index contributed by atoms with van der Waals surface area (Å²) in [5.41, 5.74) is 3.15. The summed E-state index contributed by atoms with van der Waals surface area (Å²) in [6.07, 6.45) is 1.18. The Kier molecular flexibility index (Phi) is 5.61. The lowest BCUT2D eigenvalue weighted by Crippen LogP contribution is -2.29. The average molecular weight is 418 g/mol. The standard InChI is InChI=1S/C23H16F2N4O2/c24-19-11-10-16(12-20(19)25)13-26-27-22(30)21-17-8-4-5-9-18(17)23(31)29(28-21)14-15-6-2-1-3-7-15/h1-13H,14H2,(H,27,30)/b26-13+. The highest BCUT2D eigenvalue weighted by atomic mass is 19.2. The Morgan fingerprint density at radius 3 is 2.42 bits per heavy atom. The molecular weight excluding hydrogens is 402 g/mol. The van der Waals surface area contributed by atoms with Crippen LogP contribution in [-0.4, -0.2) is 21.9 Å². The lowest BCUT2D eigenvalue weighted by Gasteiger charge is -2.10. The maximum Gasteiger partial charge on any atom is 0.292 e. The van der Waals surface area contributed by atoms with Gasteiger partial charge in [0.15, 0.2) is 17.3 Å². The van der Waals surface area contributed by atoms with Gasteiger partial charge in [-0.05, 0) is 29.3 Å². The minimum atomic E-state index is -1.02. The molecule has 0 atom stereocenters. The van der Waals surface area contributed by atoms with Crippen molar-refractivity contribution in [2.24, 2.45) is 5.10 Å². The van der Waals surface area contributed by atoms with E-state index in [1.165, 1.54) is 17.0 Å². The summed E-state index contributed by atoms with van der Waals surface area (Å²) in [7, 11) is 0. The topological polar surface area (TPSA) is 76.3 Å². The molecule has 1 amide bonds. The highest BCUT2D eigenvalue weighted by Gasteiger charge is 2.16. The SMILES string of the molecule is O=C(N/N=C/c1ccc(F)c(F)c1)c1nn(Cc2ccccc2)c(=O)c2ccccc12. The van der Waals surface area contributed by atoms with Crippen molar-refractivity contribution in [1.29, 1.82) is 0 Å². The van der Waals surface area contributed by atoms with E-state index in [0.29, 0.717) is 10.8 Å². The van der Waals surface area contributed by atoms with Crippen molar-refractivity contribution in [3.8, 4) is 0 Å². The van der Waals surface area contributed by atoms with Gasteiger partial charge in [0.05, 0.1) is 18.1 Å². The number of carbonyl (C=O) groups excluding carboxylic acids is 1. The van der Waals surface area contributed by atoms with Gasteiger partial charge in [0.1, 0.15) is 0 Å². The van der Waals surface area contributed by atoms with Gasteiger partial charge in [-0.25, -0.2) is 18.9 Å². The van der Waals surface area contributed by atoms with Gasteiger partial charge in [0.25, 0.3) is 11.5 Å². The maximum absolute atomic E-state index is 13.3. The molecule has 1 N–H and O–H groups in total. The van der Waals surface area contributed by atoms with Crippen molar-refractivity contribution >= 4 is 22.9 Å². The molecule has 0 aliphatic heterocycles. The number of hydrogen-bond acceptors (Lipinski definition) is 4. The first-order valence-electron chi connectivity index (χ1n) is 9.35. The summed E-state index contributed by atoms with van der Waals surface area (Å²) in [5, 5.41) is 8.78. The lowest BCUT2D eigenvalue weighted by atomic mass is 10.1. The summed E-state index contributed by atoms with van der Waals surface area (Å²) < 4.78 is 27.5. The zero-order valence-corrected chi connectivity index (χ0v) is 16.1. The van der Waals surface area contributed by atoms with Crippen LogP contribution in [0.3, 0.4) is 0 Å². The van der Waals surface area contributed by atoms with Crippen LogP contribution in [0, 0.1) is 11.6 Å². The number of benzene rings is 3. The van der Waals surface area contributed by atoms with E-state index in [2.05, 4.69) is 15.6 Å². The van der Waals surface area contributed by atoms with E-state index in [9.17, 15) is 18.4 Å². The van der Waals surface area contributed by atoms with Gasteiger partial charge in [-0.1, -0.05) is 54.6 Å². The van der Waals surface area contributed by atoms with Crippen LogP contribution in [0.15, 0.2) is 82.7 Å². The van der Waals surface area contributed by atoms with Gasteiger partial charge >= 0.3 is 0 Å². The molecule has 0 aliphatic rings. The van der Waals surface area contributed by atoms with Gasteiger partial charge in [0.2, 0.25) is 0 Å². The molecule has 3 aromatic carbocycles. The third-order valence-electron chi connectivity index (χ3n) is 4.58. The lowest BCUT2D eigenvalue weighted by molar-refractivity contribution is 0.0949. The zero-order chi connectivity index (χ0) is 21.8. The fourth-order valence-corrected chi connectivity index (χ4v) is 3.08. The molecule has 4 rings (SSSR count). The smallest absolute Gasteiger partial charge is 0.267 e. The second kappa shape index (κ2) is 8.66. The minimum Gasteiger partial charge on any atom is -0.267 e. The molecule has 154 valence electrons. The number of rotatable bonds is 5. The molecule has 6 nitrogen and oxygen atoms in total. The van der Waals surface area contributed by atoms with E-state index < -0.39 is 17.5 Å². The first-order chi connectivity index (χ1) is 15.0. The second-order valence-corrected chi connectivity index (χ2v) is 6.72. The number of amides is 1. The molecule has 1 heterocycles. The van der Waals surface area contributed by atoms with Gasteiger partial charge in [0, 0.05) is 5.39 Å². The largest absolute Gasteiger partial charge is 0.292 e. The fourth-order valence-electron chi connectivity index (χ4n) is 3.08. The molecule has 0 fully saturated rings. The summed E-state index contributed by atoms with van der Waals surface area (Å²) >= 11 is 0. The first kappa shape index (κ1) is 20.1. The molecule has 0 saturated heterocycles. The molecule has 0 unspecified atom stereocenters. The number of nitrogens with zero attached hydrogens (tertiary/aromatic N) is 3. The quantitative estimate of drug-likeness (QED) is 0.398. The zero-order valence-electron chi connectivity index (χ0n) is 16.1. The molecule has 8 heteroatoms. The summed E-state index contributed by atoms with van der Waals surface area (Å²) in [6.45, 7) is 0.197. The van der Waals surface area contributed by atoms with Gasteiger partial charge in [-0.3, -0.25) is 9.59 Å². The number of fused-ring (bicyclic) bond motifs is 1. The molecular formula is C23H16F2N4O2. The number of halogens is 2. The maximum atomic E-state index is 13.3. The third-order valence-corrected chi connectivity index (χ3v) is 4.58. The Balaban J connectivity index is 1.66. The third kappa shape index (κ3) is 4.37. The van der Waals surface area contributed by atoms with E-state index in [1.807, 2.05) is 30.3 Å². The molecule has 0 saturated carbocycles. The summed E-state index contributed by atoms with van der Waals surface area (Å²) in [4.78, 5) is 25.6. The Morgan fingerprint density at radius 1 is 0.968 bits per heavy atom. The van der Waals surface area contributed by atoms with Crippen LogP contribution in [0.2, 0.25) is 0 Å². The van der Waals surface area contributed by atoms with Crippen LogP contribution in [-0.2, 0) is 6.54 Å². The van der Waals surface area contributed by atoms with Crippen LogP contribution in [0.5, 0.6) is 0 Å². The molecule has 1 aromatic heterocycles. The Hall–Kier alpha value is -4.20. The molecule has 0 aliphatic carbocycles. The number of carbonyl (C=O) groups is 1. The van der Waals surface area contributed by atoms with Crippen molar-refractivity contribution in [1.82, 2.24) is 15.2 Å². The van der Waals surface area contributed by atoms with Crippen LogP contribution in [0.25, 0.3) is 10.8 Å². The molecule has 31 heavy (non-hydrogen) atoms. The van der Waals surface area contributed by atoms with Gasteiger partial charge < -0.3 is 0 Å². The van der Waals surface area contributed by atoms with Gasteiger partial charge in [-0.2, -0.15) is 10.2 Å². The molecule has 0 bridgehead atoms. The van der Waals surface area contributed by atoms with E-state index >= 15 is 0 Å². The Bertz CT molecular complexity index is 1350. The van der Waals surface area contributed by atoms with E-state index in [1.54, 1.807) is 24.3 Å². The highest BCUT2D eigenvalue weighted by molar-refractivity contribution is 6.04. The summed E-state index contributed by atoms with van der Waals surface area (Å²) in [6, 6.07) is 19.2. The van der Waals surface area contributed by atoms with Crippen molar-refractivity contribution < 1.29 is 13.6 Å². The minimum absolute atomic E-state index is 0.0218.